The summed E-state index contributed by atoms with van der Waals surface area (Å²) in [5.74, 6) is 0.606. The summed E-state index contributed by atoms with van der Waals surface area (Å²) in [6.45, 7) is 5.50. The van der Waals surface area contributed by atoms with Gasteiger partial charge in [-0.15, -0.1) is 0 Å². The number of hydrogen-bond acceptors (Lipinski definition) is 5. The average molecular weight is 359 g/mol. The van der Waals surface area contributed by atoms with E-state index >= 15 is 0 Å². The summed E-state index contributed by atoms with van der Waals surface area (Å²) in [4.78, 5) is 16.6. The first-order valence-electron chi connectivity index (χ1n) is 9.06. The van der Waals surface area contributed by atoms with E-state index in [1.807, 2.05) is 9.80 Å². The zero-order chi connectivity index (χ0) is 17.4. The van der Waals surface area contributed by atoms with Crippen LogP contribution in [-0.2, 0) is 14.8 Å². The van der Waals surface area contributed by atoms with E-state index in [4.69, 9.17) is 0 Å². The number of piperidine rings is 1. The molecular formula is C16H29N3O4S. The maximum Gasteiger partial charge on any atom is 0.255 e. The SMILES string of the molecule is CCS(=O)(=O)N1CCN(C[C@]2(O)CCCN(CC3CC3)C2=O)CC1. The van der Waals surface area contributed by atoms with Crippen molar-refractivity contribution in [2.24, 2.45) is 5.92 Å². The van der Waals surface area contributed by atoms with Gasteiger partial charge in [0.1, 0.15) is 0 Å². The summed E-state index contributed by atoms with van der Waals surface area (Å²) >= 11 is 0. The standard InChI is InChI=1S/C16H29N3O4S/c1-2-24(22,23)19-10-8-17(9-11-19)13-16(21)6-3-7-18(15(16)20)12-14-4-5-14/h14,21H,2-13H2,1H3/t16-/m1/s1. The van der Waals surface area contributed by atoms with Gasteiger partial charge in [-0.1, -0.05) is 0 Å². The summed E-state index contributed by atoms with van der Waals surface area (Å²) in [6, 6.07) is 0. The Balaban J connectivity index is 1.56. The Morgan fingerprint density at radius 1 is 1.17 bits per heavy atom. The number of likely N-dealkylation sites (tertiary alicyclic amines) is 1. The summed E-state index contributed by atoms with van der Waals surface area (Å²) in [5, 5.41) is 10.9. The van der Waals surface area contributed by atoms with E-state index in [0.717, 1.165) is 19.5 Å². The molecule has 1 N–H and O–H groups in total. The number of nitrogens with zero attached hydrogens (tertiary/aromatic N) is 3. The predicted octanol–water partition coefficient (Wildman–Crippen LogP) is -0.283. The van der Waals surface area contributed by atoms with Gasteiger partial charge >= 0.3 is 0 Å². The van der Waals surface area contributed by atoms with E-state index in [0.29, 0.717) is 45.1 Å². The second-order valence-corrected chi connectivity index (χ2v) is 9.66. The molecule has 3 fully saturated rings. The van der Waals surface area contributed by atoms with Crippen molar-refractivity contribution in [1.29, 1.82) is 0 Å². The number of carbonyl (C=O) groups excluding carboxylic acids is 1. The molecule has 0 spiro atoms. The third-order valence-corrected chi connectivity index (χ3v) is 7.34. The lowest BCUT2D eigenvalue weighted by atomic mass is 9.90. The first-order valence-corrected chi connectivity index (χ1v) is 10.7. The third-order valence-electron chi connectivity index (χ3n) is 5.45. The Hall–Kier alpha value is -0.700. The summed E-state index contributed by atoms with van der Waals surface area (Å²) in [7, 11) is -3.15. The van der Waals surface area contributed by atoms with Crippen LogP contribution in [0.1, 0.15) is 32.6 Å². The summed E-state index contributed by atoms with van der Waals surface area (Å²) in [5.41, 5.74) is -1.31. The van der Waals surface area contributed by atoms with Crippen molar-refractivity contribution in [3.8, 4) is 0 Å². The van der Waals surface area contributed by atoms with Crippen LogP contribution in [0.15, 0.2) is 0 Å². The second-order valence-electron chi connectivity index (χ2n) is 7.41. The van der Waals surface area contributed by atoms with Crippen molar-refractivity contribution in [2.45, 2.75) is 38.2 Å². The minimum absolute atomic E-state index is 0.117. The van der Waals surface area contributed by atoms with Gasteiger partial charge in [0.15, 0.2) is 5.60 Å². The number of amides is 1. The van der Waals surface area contributed by atoms with Gasteiger partial charge in [-0.05, 0) is 38.5 Å². The van der Waals surface area contributed by atoms with E-state index in [9.17, 15) is 18.3 Å². The molecular weight excluding hydrogens is 330 g/mol. The number of hydrogen-bond donors (Lipinski definition) is 1. The minimum Gasteiger partial charge on any atom is -0.379 e. The average Bonchev–Trinajstić information content (AvgIpc) is 3.37. The Morgan fingerprint density at radius 2 is 1.83 bits per heavy atom. The smallest absolute Gasteiger partial charge is 0.255 e. The van der Waals surface area contributed by atoms with Crippen LogP contribution in [0.4, 0.5) is 0 Å². The molecule has 2 aliphatic heterocycles. The minimum atomic E-state index is -3.15. The lowest BCUT2D eigenvalue weighted by Gasteiger charge is -2.42. The van der Waals surface area contributed by atoms with Crippen LogP contribution >= 0.6 is 0 Å². The molecule has 0 bridgehead atoms. The van der Waals surface area contributed by atoms with Crippen molar-refractivity contribution in [3.63, 3.8) is 0 Å². The lowest BCUT2D eigenvalue weighted by molar-refractivity contribution is -0.160. The first kappa shape index (κ1) is 18.1. The zero-order valence-electron chi connectivity index (χ0n) is 14.5. The highest BCUT2D eigenvalue weighted by Gasteiger charge is 2.45. The van der Waals surface area contributed by atoms with Gasteiger partial charge in [0.2, 0.25) is 10.0 Å². The van der Waals surface area contributed by atoms with Gasteiger partial charge in [0.25, 0.3) is 5.91 Å². The molecule has 138 valence electrons. The van der Waals surface area contributed by atoms with E-state index in [-0.39, 0.29) is 11.7 Å². The maximum absolute atomic E-state index is 12.7. The molecule has 1 aliphatic carbocycles. The molecule has 1 saturated carbocycles. The van der Waals surface area contributed by atoms with E-state index < -0.39 is 15.6 Å². The summed E-state index contributed by atoms with van der Waals surface area (Å²) in [6.07, 6.45) is 3.71. The van der Waals surface area contributed by atoms with E-state index in [1.165, 1.54) is 17.1 Å². The van der Waals surface area contributed by atoms with Crippen LogP contribution in [0.5, 0.6) is 0 Å². The van der Waals surface area contributed by atoms with Crippen molar-refractivity contribution in [2.75, 3.05) is 51.6 Å². The summed E-state index contributed by atoms with van der Waals surface area (Å²) < 4.78 is 25.3. The molecule has 2 saturated heterocycles. The second kappa shape index (κ2) is 6.90. The molecule has 0 unspecified atom stereocenters. The van der Waals surface area contributed by atoms with E-state index in [1.54, 1.807) is 6.92 Å². The molecule has 7 nitrogen and oxygen atoms in total. The van der Waals surface area contributed by atoms with Crippen LogP contribution < -0.4 is 0 Å². The number of β-amino-alcohol motifs (C(OH)–C–C–N with tert-alkyl or cyclic N) is 1. The van der Waals surface area contributed by atoms with Crippen molar-refractivity contribution >= 4 is 15.9 Å². The highest BCUT2D eigenvalue weighted by atomic mass is 32.2. The van der Waals surface area contributed by atoms with Crippen LogP contribution in [0.3, 0.4) is 0 Å². The van der Waals surface area contributed by atoms with Crippen molar-refractivity contribution in [1.82, 2.24) is 14.1 Å². The third kappa shape index (κ3) is 3.92. The van der Waals surface area contributed by atoms with Crippen LogP contribution in [0.25, 0.3) is 0 Å². The van der Waals surface area contributed by atoms with Gasteiger partial charge in [0.05, 0.1) is 5.75 Å². The Kier molecular flexibility index (Phi) is 5.20. The largest absolute Gasteiger partial charge is 0.379 e. The maximum atomic E-state index is 12.7. The zero-order valence-corrected chi connectivity index (χ0v) is 15.3. The van der Waals surface area contributed by atoms with Gasteiger partial charge < -0.3 is 10.0 Å². The van der Waals surface area contributed by atoms with Gasteiger partial charge in [-0.3, -0.25) is 9.69 Å². The number of sulfonamides is 1. The predicted molar refractivity (Wildman–Crippen MR) is 91.0 cm³/mol. The number of rotatable bonds is 6. The Labute approximate surface area is 144 Å². The van der Waals surface area contributed by atoms with Gasteiger partial charge in [-0.25, -0.2) is 8.42 Å². The first-order chi connectivity index (χ1) is 11.3. The Bertz CT molecular complexity index is 570. The monoisotopic (exact) mass is 359 g/mol. The molecule has 1 amide bonds. The molecule has 0 aromatic heterocycles. The highest BCUT2D eigenvalue weighted by Crippen LogP contribution is 2.32. The molecule has 0 aromatic rings. The van der Waals surface area contributed by atoms with Crippen LogP contribution in [-0.4, -0.2) is 90.7 Å². The van der Waals surface area contributed by atoms with Gasteiger partial charge in [0, 0.05) is 45.8 Å². The Morgan fingerprint density at radius 3 is 2.42 bits per heavy atom. The molecule has 0 radical (unpaired) electrons. The molecule has 2 heterocycles. The molecule has 0 aromatic carbocycles. The molecule has 1 atom stereocenters. The van der Waals surface area contributed by atoms with Crippen LogP contribution in [0, 0.1) is 5.92 Å². The fourth-order valence-electron chi connectivity index (χ4n) is 3.72. The van der Waals surface area contributed by atoms with E-state index in [2.05, 4.69) is 0 Å². The fourth-order valence-corrected chi connectivity index (χ4v) is 4.80. The van der Waals surface area contributed by atoms with Gasteiger partial charge in [-0.2, -0.15) is 4.31 Å². The van der Waals surface area contributed by atoms with Crippen molar-refractivity contribution in [3.05, 3.63) is 0 Å². The number of carbonyl (C=O) groups is 1. The van der Waals surface area contributed by atoms with Crippen LogP contribution in [0.2, 0.25) is 0 Å². The highest BCUT2D eigenvalue weighted by molar-refractivity contribution is 7.89. The molecule has 3 aliphatic rings. The molecule has 8 heteroatoms. The normalized spacial score (nSPS) is 30.8. The number of piperazine rings is 1. The van der Waals surface area contributed by atoms with Crippen molar-refractivity contribution < 1.29 is 18.3 Å². The number of aliphatic hydroxyl groups is 1. The molecule has 24 heavy (non-hydrogen) atoms. The topological polar surface area (TPSA) is 81.2 Å². The lowest BCUT2D eigenvalue weighted by Crippen LogP contribution is -2.61. The fraction of sp³-hybridized carbons (Fsp3) is 0.938. The molecule has 3 rings (SSSR count). The quantitative estimate of drug-likeness (QED) is 0.705.